The predicted molar refractivity (Wildman–Crippen MR) is 100 cm³/mol. The molecule has 0 aromatic heterocycles. The largest absolute Gasteiger partial charge is 0.507 e. The molecule has 1 N–H and O–H groups in total. The molecule has 0 bridgehead atoms. The number of aromatic hydroxyl groups is 1. The van der Waals surface area contributed by atoms with Crippen LogP contribution in [0.3, 0.4) is 0 Å². The molecule has 2 aliphatic heterocycles. The van der Waals surface area contributed by atoms with E-state index >= 15 is 0 Å². The first-order chi connectivity index (χ1) is 13.1. The molecule has 146 valence electrons. The number of ether oxygens (including phenoxy) is 2. The minimum Gasteiger partial charge on any atom is -0.507 e. The van der Waals surface area contributed by atoms with Gasteiger partial charge in [0.2, 0.25) is 5.91 Å². The number of imide groups is 1. The summed E-state index contributed by atoms with van der Waals surface area (Å²) >= 11 is 0. The lowest BCUT2D eigenvalue weighted by atomic mass is 9.91. The van der Waals surface area contributed by atoms with Gasteiger partial charge in [-0.05, 0) is 27.7 Å². The van der Waals surface area contributed by atoms with Crippen molar-refractivity contribution >= 4 is 28.6 Å². The Morgan fingerprint density at radius 2 is 1.86 bits per heavy atom. The van der Waals surface area contributed by atoms with E-state index in [0.717, 1.165) is 4.90 Å². The molecule has 7 heteroatoms. The van der Waals surface area contributed by atoms with Crippen molar-refractivity contribution in [1.82, 2.24) is 4.90 Å². The van der Waals surface area contributed by atoms with Crippen molar-refractivity contribution in [2.75, 3.05) is 0 Å². The van der Waals surface area contributed by atoms with Crippen LogP contribution in [0.1, 0.15) is 56.1 Å². The molecule has 0 saturated carbocycles. The van der Waals surface area contributed by atoms with Crippen LogP contribution in [0.25, 0.3) is 10.8 Å². The molecule has 2 aliphatic rings. The van der Waals surface area contributed by atoms with Crippen molar-refractivity contribution in [3.05, 3.63) is 35.4 Å². The maximum absolute atomic E-state index is 12.7. The van der Waals surface area contributed by atoms with Gasteiger partial charge in [-0.1, -0.05) is 24.3 Å². The van der Waals surface area contributed by atoms with Gasteiger partial charge >= 0.3 is 6.09 Å². The summed E-state index contributed by atoms with van der Waals surface area (Å²) in [5.41, 5.74) is -0.345. The molecule has 2 atom stereocenters. The molecule has 1 fully saturated rings. The van der Waals surface area contributed by atoms with Crippen LogP contribution in [0, 0.1) is 0 Å². The molecule has 0 aliphatic carbocycles. The third-order valence-corrected chi connectivity index (χ3v) is 4.96. The number of nitrogens with zero attached hydrogens (tertiary/aromatic N) is 1. The fourth-order valence-electron chi connectivity index (χ4n) is 3.98. The van der Waals surface area contributed by atoms with Crippen LogP contribution in [0.5, 0.6) is 11.5 Å². The summed E-state index contributed by atoms with van der Waals surface area (Å²) in [6.07, 6.45) is -1.42. The highest BCUT2D eigenvalue weighted by Gasteiger charge is 2.53. The van der Waals surface area contributed by atoms with Crippen LogP contribution in [0.4, 0.5) is 4.79 Å². The molecule has 4 rings (SSSR count). The lowest BCUT2D eigenvalue weighted by Crippen LogP contribution is -2.39. The number of amides is 2. The summed E-state index contributed by atoms with van der Waals surface area (Å²) in [4.78, 5) is 38.7. The number of hydrogen-bond donors (Lipinski definition) is 1. The molecular formula is C21H21NO6. The number of phenolic OH excluding ortho intramolecular Hbond substituents is 1. The second kappa shape index (κ2) is 5.95. The molecule has 2 amide bonds. The zero-order valence-corrected chi connectivity index (χ0v) is 16.1. The number of rotatable bonds is 1. The monoisotopic (exact) mass is 383 g/mol. The summed E-state index contributed by atoms with van der Waals surface area (Å²) in [5.74, 6) is -0.548. The highest BCUT2D eigenvalue weighted by atomic mass is 16.6. The quantitative estimate of drug-likeness (QED) is 0.755. The fourth-order valence-corrected chi connectivity index (χ4v) is 3.98. The zero-order chi connectivity index (χ0) is 20.4. The summed E-state index contributed by atoms with van der Waals surface area (Å²) < 4.78 is 11.4. The number of likely N-dealkylation sites (tertiary alicyclic amines) is 1. The molecule has 7 nitrogen and oxygen atoms in total. The van der Waals surface area contributed by atoms with E-state index in [-0.39, 0.29) is 23.5 Å². The Hall–Kier alpha value is -3.09. The van der Waals surface area contributed by atoms with Gasteiger partial charge in [-0.15, -0.1) is 0 Å². The van der Waals surface area contributed by atoms with Gasteiger partial charge in [0.15, 0.2) is 5.78 Å². The third kappa shape index (κ3) is 2.61. The number of Topliss-reactive ketones (excluding diaryl/α,β-unsaturated/α-hetero) is 1. The lowest BCUT2D eigenvalue weighted by Gasteiger charge is -2.27. The van der Waals surface area contributed by atoms with Gasteiger partial charge in [-0.2, -0.15) is 0 Å². The SMILES string of the molecule is CC(=O)c1c2c(c3ccccc3c1O)O[C@H]1CC(=O)N(C(=O)OC(C)(C)C)[C@@H]21. The first kappa shape index (κ1) is 18.3. The number of phenols is 1. The molecule has 0 spiro atoms. The van der Waals surface area contributed by atoms with Gasteiger partial charge in [0.05, 0.1) is 12.0 Å². The van der Waals surface area contributed by atoms with Gasteiger partial charge in [-0.25, -0.2) is 9.69 Å². The van der Waals surface area contributed by atoms with Crippen LogP contribution in [0.15, 0.2) is 24.3 Å². The highest BCUT2D eigenvalue weighted by molar-refractivity contribution is 6.09. The van der Waals surface area contributed by atoms with E-state index in [1.165, 1.54) is 6.92 Å². The van der Waals surface area contributed by atoms with E-state index in [0.29, 0.717) is 22.1 Å². The van der Waals surface area contributed by atoms with Crippen molar-refractivity contribution in [1.29, 1.82) is 0 Å². The number of benzene rings is 2. The highest BCUT2D eigenvalue weighted by Crippen LogP contribution is 2.53. The maximum Gasteiger partial charge on any atom is 0.417 e. The Morgan fingerprint density at radius 3 is 2.46 bits per heavy atom. The van der Waals surface area contributed by atoms with E-state index in [1.807, 2.05) is 0 Å². The van der Waals surface area contributed by atoms with Crippen LogP contribution >= 0.6 is 0 Å². The molecule has 0 unspecified atom stereocenters. The molecular weight excluding hydrogens is 362 g/mol. The minimum atomic E-state index is -0.813. The average molecular weight is 383 g/mol. The normalized spacial score (nSPS) is 20.7. The number of carbonyl (C=O) groups is 3. The summed E-state index contributed by atoms with van der Waals surface area (Å²) in [7, 11) is 0. The van der Waals surface area contributed by atoms with Crippen molar-refractivity contribution in [3.8, 4) is 11.5 Å². The van der Waals surface area contributed by atoms with E-state index in [1.54, 1.807) is 45.0 Å². The van der Waals surface area contributed by atoms with Crippen LogP contribution in [0.2, 0.25) is 0 Å². The Bertz CT molecular complexity index is 1040. The fraction of sp³-hybridized carbons (Fsp3) is 0.381. The van der Waals surface area contributed by atoms with Gasteiger partial charge < -0.3 is 14.6 Å². The second-order valence-corrected chi connectivity index (χ2v) is 8.12. The standard InChI is InChI=1S/C21H21NO6/c1-10(23)15-16-17-13(9-14(24)22(17)20(26)28-21(2,3)4)27-19(16)12-8-6-5-7-11(12)18(15)25/h5-8,13,17,25H,9H2,1-4H3/t13-,17+/m0/s1. The molecule has 2 aromatic rings. The van der Waals surface area contributed by atoms with Crippen molar-refractivity contribution in [2.45, 2.75) is 51.9 Å². The molecule has 1 saturated heterocycles. The Balaban J connectivity index is 1.93. The van der Waals surface area contributed by atoms with Gasteiger partial charge in [0, 0.05) is 16.3 Å². The summed E-state index contributed by atoms with van der Waals surface area (Å²) in [6, 6.07) is 6.21. The number of ketones is 1. The lowest BCUT2D eigenvalue weighted by molar-refractivity contribution is -0.128. The van der Waals surface area contributed by atoms with E-state index in [2.05, 4.69) is 0 Å². The molecule has 2 heterocycles. The smallest absolute Gasteiger partial charge is 0.417 e. The minimum absolute atomic E-state index is 0.00891. The maximum atomic E-state index is 12.7. The molecule has 0 radical (unpaired) electrons. The average Bonchev–Trinajstić information content (AvgIpc) is 3.08. The van der Waals surface area contributed by atoms with E-state index < -0.39 is 29.7 Å². The van der Waals surface area contributed by atoms with Gasteiger partial charge in [0.25, 0.3) is 0 Å². The Labute approximate surface area is 161 Å². The van der Waals surface area contributed by atoms with Gasteiger partial charge in [0.1, 0.15) is 29.2 Å². The topological polar surface area (TPSA) is 93.1 Å². The third-order valence-electron chi connectivity index (χ3n) is 4.96. The van der Waals surface area contributed by atoms with Crippen LogP contribution in [-0.4, -0.2) is 39.5 Å². The van der Waals surface area contributed by atoms with Crippen molar-refractivity contribution < 1.29 is 29.0 Å². The summed E-state index contributed by atoms with van der Waals surface area (Å²) in [5, 5.41) is 11.9. The Morgan fingerprint density at radius 1 is 1.21 bits per heavy atom. The van der Waals surface area contributed by atoms with Crippen molar-refractivity contribution in [3.63, 3.8) is 0 Å². The number of carbonyl (C=O) groups excluding carboxylic acids is 3. The molecule has 28 heavy (non-hydrogen) atoms. The first-order valence-electron chi connectivity index (χ1n) is 9.10. The van der Waals surface area contributed by atoms with Crippen LogP contribution in [-0.2, 0) is 9.53 Å². The second-order valence-electron chi connectivity index (χ2n) is 8.12. The number of fused-ring (bicyclic) bond motifs is 5. The van der Waals surface area contributed by atoms with Crippen LogP contribution < -0.4 is 4.74 Å². The molecule has 2 aromatic carbocycles. The van der Waals surface area contributed by atoms with Gasteiger partial charge in [-0.3, -0.25) is 9.59 Å². The predicted octanol–water partition coefficient (Wildman–Crippen LogP) is 3.72. The van der Waals surface area contributed by atoms with Crippen molar-refractivity contribution in [2.24, 2.45) is 0 Å². The zero-order valence-electron chi connectivity index (χ0n) is 16.1. The summed E-state index contributed by atoms with van der Waals surface area (Å²) in [6.45, 7) is 6.47. The first-order valence-corrected chi connectivity index (χ1v) is 9.10. The Kier molecular flexibility index (Phi) is 3.89. The van der Waals surface area contributed by atoms with E-state index in [4.69, 9.17) is 9.47 Å². The van der Waals surface area contributed by atoms with E-state index in [9.17, 15) is 19.5 Å². The number of hydrogen-bond acceptors (Lipinski definition) is 6.